The van der Waals surface area contributed by atoms with E-state index in [0.29, 0.717) is 12.8 Å². The largest absolute Gasteiger partial charge is 0.323 e. The molecule has 0 aliphatic rings. The molecule has 0 saturated carbocycles. The molecule has 0 saturated heterocycles. The zero-order valence-electron chi connectivity index (χ0n) is 27.6. The van der Waals surface area contributed by atoms with E-state index in [4.69, 9.17) is 4.18 Å². The van der Waals surface area contributed by atoms with Crippen molar-refractivity contribution < 1.29 is 17.0 Å². The Kier molecular flexibility index (Phi) is 36.7. The maximum atomic E-state index is 14.1. The SMILES string of the molecule is CCCCCCCCCCCCCCCCCCCCOS(=O)(=O)C(F)CCCCCCCCCCC.CNC. The first-order valence-corrected chi connectivity index (χ1v) is 19.0. The first-order valence-electron chi connectivity index (χ1n) is 17.6. The zero-order chi connectivity index (χ0) is 30.0. The van der Waals surface area contributed by atoms with E-state index >= 15 is 0 Å². The van der Waals surface area contributed by atoms with E-state index in [1.54, 1.807) is 0 Å². The topological polar surface area (TPSA) is 55.4 Å². The summed E-state index contributed by atoms with van der Waals surface area (Å²) in [5.41, 5.74) is -1.87. The summed E-state index contributed by atoms with van der Waals surface area (Å²) in [7, 11) is -0.308. The van der Waals surface area contributed by atoms with Crippen LogP contribution < -0.4 is 5.32 Å². The molecule has 0 heterocycles. The van der Waals surface area contributed by atoms with E-state index < -0.39 is 15.6 Å². The second kappa shape index (κ2) is 35.0. The molecule has 0 radical (unpaired) electrons. The quantitative estimate of drug-likeness (QED) is 0.0641. The van der Waals surface area contributed by atoms with Gasteiger partial charge in [-0.05, 0) is 33.4 Å². The van der Waals surface area contributed by atoms with Crippen LogP contribution in [0.3, 0.4) is 0 Å². The minimum absolute atomic E-state index is 0.0668. The number of nitrogens with one attached hydrogen (secondary N) is 1. The summed E-state index contributed by atoms with van der Waals surface area (Å²) in [4.78, 5) is 0. The van der Waals surface area contributed by atoms with E-state index in [2.05, 4.69) is 19.2 Å². The van der Waals surface area contributed by atoms with Crippen molar-refractivity contribution in [1.82, 2.24) is 5.32 Å². The fraction of sp³-hybridized carbons (Fsp3) is 1.00. The predicted molar refractivity (Wildman–Crippen MR) is 175 cm³/mol. The Morgan fingerprint density at radius 1 is 0.500 bits per heavy atom. The molecule has 4 nitrogen and oxygen atoms in total. The summed E-state index contributed by atoms with van der Waals surface area (Å²) in [6, 6.07) is 0. The molecule has 0 aliphatic heterocycles. The van der Waals surface area contributed by atoms with E-state index in [-0.39, 0.29) is 13.0 Å². The lowest BCUT2D eigenvalue weighted by Gasteiger charge is -2.10. The summed E-state index contributed by atoms with van der Waals surface area (Å²) < 4.78 is 43.0. The van der Waals surface area contributed by atoms with Gasteiger partial charge in [-0.3, -0.25) is 4.18 Å². The van der Waals surface area contributed by atoms with Crippen LogP contribution in [0.4, 0.5) is 4.39 Å². The van der Waals surface area contributed by atoms with E-state index in [1.165, 1.54) is 135 Å². The molecule has 6 heteroatoms. The van der Waals surface area contributed by atoms with E-state index in [1.807, 2.05) is 14.1 Å². The van der Waals surface area contributed by atoms with Gasteiger partial charge in [0.25, 0.3) is 10.1 Å². The summed E-state index contributed by atoms with van der Waals surface area (Å²) in [5, 5.41) is 2.75. The molecule has 0 rings (SSSR count). The van der Waals surface area contributed by atoms with Gasteiger partial charge in [0, 0.05) is 0 Å². The van der Waals surface area contributed by atoms with Gasteiger partial charge < -0.3 is 5.32 Å². The van der Waals surface area contributed by atoms with Gasteiger partial charge in [-0.2, -0.15) is 8.42 Å². The average molecular weight is 594 g/mol. The number of hydrogen-bond acceptors (Lipinski definition) is 4. The molecule has 0 aromatic rings. The summed E-state index contributed by atoms with van der Waals surface area (Å²) in [6.07, 6.45) is 33.5. The molecule has 0 fully saturated rings. The maximum absolute atomic E-state index is 14.1. The lowest BCUT2D eigenvalue weighted by molar-refractivity contribution is 0.270. The van der Waals surface area contributed by atoms with Crippen LogP contribution >= 0.6 is 0 Å². The summed E-state index contributed by atoms with van der Waals surface area (Å²) in [5.74, 6) is 0. The van der Waals surface area contributed by atoms with Gasteiger partial charge in [0.05, 0.1) is 6.61 Å². The van der Waals surface area contributed by atoms with Crippen molar-refractivity contribution in [3.8, 4) is 0 Å². The Labute approximate surface area is 251 Å². The molecule has 1 N–H and O–H groups in total. The van der Waals surface area contributed by atoms with Crippen molar-refractivity contribution in [2.75, 3.05) is 20.7 Å². The second-order valence-electron chi connectivity index (χ2n) is 11.9. The molecule has 0 aromatic heterocycles. The standard InChI is InChI=1S/C32H65FO3S.C2H7N/c1-3-5-7-9-11-13-14-15-16-17-18-19-20-21-23-25-27-29-31-36-37(34,35)32(33)30-28-26-24-22-12-10-8-6-4-2;1-3-2/h32H,3-31H2,1-2H3;3H,1-2H3. The van der Waals surface area contributed by atoms with Crippen molar-refractivity contribution in [2.45, 2.75) is 199 Å². The Hall–Kier alpha value is -0.200. The minimum atomic E-state index is -4.06. The highest BCUT2D eigenvalue weighted by molar-refractivity contribution is 7.87. The molecule has 0 amide bonds. The second-order valence-corrected chi connectivity index (χ2v) is 13.6. The molecular weight excluding hydrogens is 521 g/mol. The van der Waals surface area contributed by atoms with Gasteiger partial charge in [-0.25, -0.2) is 4.39 Å². The fourth-order valence-electron chi connectivity index (χ4n) is 5.01. The molecule has 0 bridgehead atoms. The van der Waals surface area contributed by atoms with Gasteiger partial charge >= 0.3 is 0 Å². The molecule has 0 aromatic carbocycles. The molecule has 1 atom stereocenters. The molecule has 0 spiro atoms. The Morgan fingerprint density at radius 2 is 0.750 bits per heavy atom. The van der Waals surface area contributed by atoms with Gasteiger partial charge in [0.15, 0.2) is 0 Å². The number of unbranched alkanes of at least 4 members (excludes halogenated alkanes) is 25. The van der Waals surface area contributed by atoms with Gasteiger partial charge in [0.1, 0.15) is 0 Å². The van der Waals surface area contributed by atoms with Gasteiger partial charge in [0.2, 0.25) is 5.50 Å². The zero-order valence-corrected chi connectivity index (χ0v) is 28.4. The van der Waals surface area contributed by atoms with Crippen LogP contribution in [0.2, 0.25) is 0 Å². The average Bonchev–Trinajstić information content (AvgIpc) is 2.93. The van der Waals surface area contributed by atoms with Crippen LogP contribution in [0.25, 0.3) is 0 Å². The fourth-order valence-corrected chi connectivity index (χ4v) is 5.97. The van der Waals surface area contributed by atoms with Gasteiger partial charge in [-0.15, -0.1) is 0 Å². The number of hydrogen-bond donors (Lipinski definition) is 1. The van der Waals surface area contributed by atoms with Gasteiger partial charge in [-0.1, -0.05) is 174 Å². The predicted octanol–water partition coefficient (Wildman–Crippen LogP) is 11.4. The third-order valence-electron chi connectivity index (χ3n) is 7.59. The monoisotopic (exact) mass is 594 g/mol. The van der Waals surface area contributed by atoms with E-state index in [0.717, 1.165) is 25.7 Å². The smallest absolute Gasteiger partial charge is 0.299 e. The highest BCUT2D eigenvalue weighted by Gasteiger charge is 2.25. The van der Waals surface area contributed by atoms with Crippen molar-refractivity contribution in [2.24, 2.45) is 0 Å². The number of rotatable bonds is 31. The first-order chi connectivity index (χ1) is 19.5. The van der Waals surface area contributed by atoms with Crippen LogP contribution in [-0.4, -0.2) is 34.6 Å². The highest BCUT2D eigenvalue weighted by atomic mass is 32.2. The molecule has 40 heavy (non-hydrogen) atoms. The van der Waals surface area contributed by atoms with Crippen molar-refractivity contribution >= 4 is 10.1 Å². The minimum Gasteiger partial charge on any atom is -0.323 e. The van der Waals surface area contributed by atoms with Crippen molar-refractivity contribution in [3.63, 3.8) is 0 Å². The summed E-state index contributed by atoms with van der Waals surface area (Å²) >= 11 is 0. The van der Waals surface area contributed by atoms with Crippen molar-refractivity contribution in [1.29, 1.82) is 0 Å². The Bertz CT molecular complexity index is 559. The summed E-state index contributed by atoms with van der Waals surface area (Å²) in [6.45, 7) is 4.61. The third kappa shape index (κ3) is 34.0. The normalized spacial score (nSPS) is 12.3. The highest BCUT2D eigenvalue weighted by Crippen LogP contribution is 2.18. The lowest BCUT2D eigenvalue weighted by atomic mass is 10.0. The third-order valence-corrected chi connectivity index (χ3v) is 8.95. The molecular formula is C34H72FNO3S. The van der Waals surface area contributed by atoms with Crippen LogP contribution in [0.5, 0.6) is 0 Å². The number of halogens is 1. The lowest BCUT2D eigenvalue weighted by Crippen LogP contribution is -2.19. The molecule has 244 valence electrons. The molecule has 0 aliphatic carbocycles. The van der Waals surface area contributed by atoms with Crippen LogP contribution in [0, 0.1) is 0 Å². The first kappa shape index (κ1) is 41.9. The maximum Gasteiger partial charge on any atom is 0.299 e. The Morgan fingerprint density at radius 3 is 1.05 bits per heavy atom. The van der Waals surface area contributed by atoms with Crippen LogP contribution in [0.15, 0.2) is 0 Å². The van der Waals surface area contributed by atoms with Crippen molar-refractivity contribution in [3.05, 3.63) is 0 Å². The Balaban J connectivity index is 0. The number of alkyl halides is 1. The van der Waals surface area contributed by atoms with E-state index in [9.17, 15) is 12.8 Å². The van der Waals surface area contributed by atoms with Crippen LogP contribution in [0.1, 0.15) is 194 Å². The molecule has 1 unspecified atom stereocenters. The van der Waals surface area contributed by atoms with Crippen LogP contribution in [-0.2, 0) is 14.3 Å².